The summed E-state index contributed by atoms with van der Waals surface area (Å²) >= 11 is 0. The maximum absolute atomic E-state index is 5.22. The Kier molecular flexibility index (Phi) is 6.84. The minimum atomic E-state index is 0.609. The van der Waals surface area contributed by atoms with E-state index in [0.717, 1.165) is 53.2 Å². The summed E-state index contributed by atoms with van der Waals surface area (Å²) in [4.78, 5) is 12.1. The highest BCUT2D eigenvalue weighted by atomic mass is 15.2. The van der Waals surface area contributed by atoms with Crippen molar-refractivity contribution in [2.75, 3.05) is 18.0 Å². The van der Waals surface area contributed by atoms with E-state index in [9.17, 15) is 0 Å². The molecule has 166 valence electrons. The highest BCUT2D eigenvalue weighted by Crippen LogP contribution is 2.35. The summed E-state index contributed by atoms with van der Waals surface area (Å²) in [5.41, 5.74) is 4.78. The molecule has 1 atom stereocenters. The Morgan fingerprint density at radius 1 is 0.969 bits per heavy atom. The molecule has 0 spiro atoms. The summed E-state index contributed by atoms with van der Waals surface area (Å²) < 4.78 is 0. The SMILES string of the molecule is CCCN(CC(C)CC(C)C)c1ccc(-c2ccccc2)c(-c2[nH]nc3ncccc23)n1. The van der Waals surface area contributed by atoms with Crippen LogP contribution in [0.25, 0.3) is 33.5 Å². The molecule has 1 N–H and O–H groups in total. The van der Waals surface area contributed by atoms with Gasteiger partial charge < -0.3 is 4.90 Å². The van der Waals surface area contributed by atoms with Crippen LogP contribution in [0, 0.1) is 11.8 Å². The average molecular weight is 428 g/mol. The van der Waals surface area contributed by atoms with E-state index in [1.165, 1.54) is 6.42 Å². The molecule has 4 aromatic rings. The standard InChI is InChI=1S/C27H33N5/c1-5-16-32(18-20(4)17-19(2)3)24-14-13-22(21-10-7-6-8-11-21)25(29-24)26-23-12-9-15-28-27(23)31-30-26/h6-15,19-20H,5,16-18H2,1-4H3,(H,28,30,31). The minimum Gasteiger partial charge on any atom is -0.356 e. The number of rotatable bonds is 9. The number of H-pyrrole nitrogens is 1. The molecule has 5 nitrogen and oxygen atoms in total. The fourth-order valence-electron chi connectivity index (χ4n) is 4.52. The molecule has 0 aliphatic heterocycles. The normalized spacial score (nSPS) is 12.4. The van der Waals surface area contributed by atoms with Gasteiger partial charge >= 0.3 is 0 Å². The number of nitrogens with one attached hydrogen (secondary N) is 1. The number of pyridine rings is 2. The van der Waals surface area contributed by atoms with Gasteiger partial charge in [-0.25, -0.2) is 9.97 Å². The second kappa shape index (κ2) is 9.94. The Bertz CT molecular complexity index is 1150. The summed E-state index contributed by atoms with van der Waals surface area (Å²) in [6.45, 7) is 11.2. The van der Waals surface area contributed by atoms with Gasteiger partial charge in [0.15, 0.2) is 5.65 Å². The Balaban J connectivity index is 1.81. The van der Waals surface area contributed by atoms with Crippen LogP contribution in [0.15, 0.2) is 60.8 Å². The van der Waals surface area contributed by atoms with Crippen molar-refractivity contribution < 1.29 is 0 Å². The highest BCUT2D eigenvalue weighted by molar-refractivity contribution is 5.94. The molecule has 1 aromatic carbocycles. The van der Waals surface area contributed by atoms with E-state index >= 15 is 0 Å². The van der Waals surface area contributed by atoms with Gasteiger partial charge in [0.2, 0.25) is 0 Å². The Morgan fingerprint density at radius 3 is 2.53 bits per heavy atom. The molecule has 4 rings (SSSR count). The zero-order chi connectivity index (χ0) is 22.5. The molecular formula is C27H33N5. The third-order valence-corrected chi connectivity index (χ3v) is 5.76. The Morgan fingerprint density at radius 2 is 1.78 bits per heavy atom. The van der Waals surface area contributed by atoms with Gasteiger partial charge in [0.25, 0.3) is 0 Å². The predicted molar refractivity (Wildman–Crippen MR) is 134 cm³/mol. The molecule has 5 heteroatoms. The van der Waals surface area contributed by atoms with Crippen LogP contribution in [0.2, 0.25) is 0 Å². The lowest BCUT2D eigenvalue weighted by Crippen LogP contribution is -2.30. The van der Waals surface area contributed by atoms with Crippen molar-refractivity contribution in [3.63, 3.8) is 0 Å². The maximum Gasteiger partial charge on any atom is 0.181 e. The van der Waals surface area contributed by atoms with Gasteiger partial charge in [-0.3, -0.25) is 5.10 Å². The van der Waals surface area contributed by atoms with E-state index in [2.05, 4.69) is 90.2 Å². The summed E-state index contributed by atoms with van der Waals surface area (Å²) in [5.74, 6) is 2.32. The van der Waals surface area contributed by atoms with Crippen LogP contribution in [0.1, 0.15) is 40.5 Å². The molecule has 32 heavy (non-hydrogen) atoms. The van der Waals surface area contributed by atoms with Crippen LogP contribution >= 0.6 is 0 Å². The third-order valence-electron chi connectivity index (χ3n) is 5.76. The van der Waals surface area contributed by atoms with Crippen LogP contribution < -0.4 is 4.90 Å². The number of benzene rings is 1. The number of aromatic nitrogens is 4. The van der Waals surface area contributed by atoms with Gasteiger partial charge in [-0.1, -0.05) is 58.0 Å². The van der Waals surface area contributed by atoms with Crippen molar-refractivity contribution in [1.82, 2.24) is 20.2 Å². The smallest absolute Gasteiger partial charge is 0.181 e. The molecule has 3 aromatic heterocycles. The molecule has 0 amide bonds. The Labute approximate surface area is 190 Å². The number of fused-ring (bicyclic) bond motifs is 1. The highest BCUT2D eigenvalue weighted by Gasteiger charge is 2.19. The molecule has 0 saturated carbocycles. The van der Waals surface area contributed by atoms with Crippen LogP contribution in [0.5, 0.6) is 0 Å². The van der Waals surface area contributed by atoms with Crippen LogP contribution in [0.3, 0.4) is 0 Å². The van der Waals surface area contributed by atoms with E-state index in [4.69, 9.17) is 4.98 Å². The van der Waals surface area contributed by atoms with Crippen molar-refractivity contribution in [3.05, 3.63) is 60.8 Å². The number of anilines is 1. The number of nitrogens with zero attached hydrogens (tertiary/aromatic N) is 4. The zero-order valence-electron chi connectivity index (χ0n) is 19.5. The van der Waals surface area contributed by atoms with Crippen LogP contribution in [0.4, 0.5) is 5.82 Å². The number of aromatic amines is 1. The molecule has 0 aliphatic carbocycles. The lowest BCUT2D eigenvalue weighted by atomic mass is 9.98. The predicted octanol–water partition coefficient (Wildman–Crippen LogP) is 6.59. The quantitative estimate of drug-likeness (QED) is 0.327. The zero-order valence-corrected chi connectivity index (χ0v) is 19.5. The van der Waals surface area contributed by atoms with Crippen molar-refractivity contribution >= 4 is 16.9 Å². The first-order valence-corrected chi connectivity index (χ1v) is 11.7. The second-order valence-corrected chi connectivity index (χ2v) is 9.09. The fraction of sp³-hybridized carbons (Fsp3) is 0.370. The molecular weight excluding hydrogens is 394 g/mol. The van der Waals surface area contributed by atoms with Crippen LogP contribution in [-0.2, 0) is 0 Å². The molecule has 0 saturated heterocycles. The van der Waals surface area contributed by atoms with E-state index in [0.29, 0.717) is 17.5 Å². The van der Waals surface area contributed by atoms with E-state index in [-0.39, 0.29) is 0 Å². The van der Waals surface area contributed by atoms with Gasteiger partial charge in [0, 0.05) is 30.2 Å². The summed E-state index contributed by atoms with van der Waals surface area (Å²) in [6.07, 6.45) is 4.07. The van der Waals surface area contributed by atoms with Crippen molar-refractivity contribution in [3.8, 4) is 22.5 Å². The molecule has 3 heterocycles. The summed E-state index contributed by atoms with van der Waals surface area (Å²) in [6, 6.07) is 18.8. The first kappa shape index (κ1) is 22.0. The van der Waals surface area contributed by atoms with Gasteiger partial charge in [-0.15, -0.1) is 0 Å². The fourth-order valence-corrected chi connectivity index (χ4v) is 4.52. The van der Waals surface area contributed by atoms with Gasteiger partial charge in [0.05, 0.1) is 11.4 Å². The first-order valence-electron chi connectivity index (χ1n) is 11.7. The van der Waals surface area contributed by atoms with Crippen LogP contribution in [-0.4, -0.2) is 33.3 Å². The average Bonchev–Trinajstić information content (AvgIpc) is 3.22. The third kappa shape index (κ3) is 4.82. The van der Waals surface area contributed by atoms with E-state index in [1.54, 1.807) is 6.20 Å². The lowest BCUT2D eigenvalue weighted by Gasteiger charge is -2.28. The number of hydrogen-bond acceptors (Lipinski definition) is 4. The van der Waals surface area contributed by atoms with Gasteiger partial charge in [-0.05, 0) is 54.5 Å². The monoisotopic (exact) mass is 427 g/mol. The molecule has 0 fully saturated rings. The molecule has 0 aliphatic rings. The van der Waals surface area contributed by atoms with Gasteiger partial charge in [0.1, 0.15) is 5.82 Å². The van der Waals surface area contributed by atoms with E-state index in [1.807, 2.05) is 12.1 Å². The van der Waals surface area contributed by atoms with Crippen molar-refractivity contribution in [2.24, 2.45) is 11.8 Å². The largest absolute Gasteiger partial charge is 0.356 e. The number of hydrogen-bond donors (Lipinski definition) is 1. The first-order chi connectivity index (χ1) is 15.6. The maximum atomic E-state index is 5.22. The lowest BCUT2D eigenvalue weighted by molar-refractivity contribution is 0.434. The Hall–Kier alpha value is -3.21. The summed E-state index contributed by atoms with van der Waals surface area (Å²) in [7, 11) is 0. The topological polar surface area (TPSA) is 57.7 Å². The molecule has 0 bridgehead atoms. The van der Waals surface area contributed by atoms with Crippen molar-refractivity contribution in [1.29, 1.82) is 0 Å². The molecule has 0 radical (unpaired) electrons. The van der Waals surface area contributed by atoms with Gasteiger partial charge in [-0.2, -0.15) is 5.10 Å². The second-order valence-electron chi connectivity index (χ2n) is 9.09. The molecule has 1 unspecified atom stereocenters. The van der Waals surface area contributed by atoms with Crippen molar-refractivity contribution in [2.45, 2.75) is 40.5 Å². The van der Waals surface area contributed by atoms with E-state index < -0.39 is 0 Å². The summed E-state index contributed by atoms with van der Waals surface area (Å²) in [5, 5.41) is 8.63. The minimum absolute atomic E-state index is 0.609.